The number of aromatic carboxylic acids is 1. The van der Waals surface area contributed by atoms with Crippen molar-refractivity contribution in [1.29, 1.82) is 0 Å². The first-order valence-electron chi connectivity index (χ1n) is 6.75. The molecule has 1 aromatic carbocycles. The Morgan fingerprint density at radius 2 is 2.05 bits per heavy atom. The number of halogens is 1. The Morgan fingerprint density at radius 1 is 1.35 bits per heavy atom. The number of hydrogen-bond acceptors (Lipinski definition) is 2. The van der Waals surface area contributed by atoms with E-state index in [1.807, 2.05) is 6.92 Å². The summed E-state index contributed by atoms with van der Waals surface area (Å²) in [6.07, 6.45) is 1.97. The third kappa shape index (κ3) is 2.66. The topological polar surface area (TPSA) is 57.6 Å². The highest BCUT2D eigenvalue weighted by Gasteiger charge is 2.30. The van der Waals surface area contributed by atoms with Crippen LogP contribution in [0.3, 0.4) is 0 Å². The van der Waals surface area contributed by atoms with E-state index in [0.717, 1.165) is 18.9 Å². The van der Waals surface area contributed by atoms with Crippen molar-refractivity contribution in [3.8, 4) is 0 Å². The Balaban J connectivity index is 2.27. The number of carboxylic acids is 1. The van der Waals surface area contributed by atoms with Crippen LogP contribution in [0.1, 0.15) is 47.4 Å². The van der Waals surface area contributed by atoms with Crippen LogP contribution in [-0.4, -0.2) is 34.5 Å². The number of rotatable bonds is 2. The maximum atomic E-state index is 13.9. The van der Waals surface area contributed by atoms with E-state index in [2.05, 4.69) is 6.92 Å². The molecule has 5 heteroatoms. The Morgan fingerprint density at radius 3 is 2.65 bits per heavy atom. The number of likely N-dealkylation sites (tertiary alicyclic amines) is 1. The third-order valence-electron chi connectivity index (χ3n) is 4.08. The van der Waals surface area contributed by atoms with E-state index in [4.69, 9.17) is 5.11 Å². The number of carbonyl (C=O) groups excluding carboxylic acids is 1. The lowest BCUT2D eigenvalue weighted by Gasteiger charge is -2.38. The molecule has 1 aliphatic rings. The van der Waals surface area contributed by atoms with Crippen LogP contribution in [0.25, 0.3) is 0 Å². The fraction of sp³-hybridized carbons (Fsp3) is 0.467. The number of carbonyl (C=O) groups is 2. The van der Waals surface area contributed by atoms with E-state index in [1.54, 1.807) is 4.90 Å². The molecule has 1 heterocycles. The van der Waals surface area contributed by atoms with Gasteiger partial charge in [-0.25, -0.2) is 9.18 Å². The maximum Gasteiger partial charge on any atom is 0.335 e. The van der Waals surface area contributed by atoms with Gasteiger partial charge in [0.2, 0.25) is 0 Å². The highest BCUT2D eigenvalue weighted by molar-refractivity contribution is 5.96. The van der Waals surface area contributed by atoms with Gasteiger partial charge in [-0.15, -0.1) is 0 Å². The van der Waals surface area contributed by atoms with Crippen LogP contribution >= 0.6 is 0 Å². The molecule has 1 N–H and O–H groups in total. The molecule has 20 heavy (non-hydrogen) atoms. The number of hydrogen-bond donors (Lipinski definition) is 1. The second-order valence-electron chi connectivity index (χ2n) is 5.36. The van der Waals surface area contributed by atoms with Gasteiger partial charge in [-0.3, -0.25) is 4.79 Å². The average Bonchev–Trinajstić information content (AvgIpc) is 2.41. The van der Waals surface area contributed by atoms with Crippen LogP contribution in [0.15, 0.2) is 18.2 Å². The van der Waals surface area contributed by atoms with Crippen molar-refractivity contribution >= 4 is 11.9 Å². The van der Waals surface area contributed by atoms with Crippen molar-refractivity contribution in [3.05, 3.63) is 35.1 Å². The summed E-state index contributed by atoms with van der Waals surface area (Å²) in [5.41, 5.74) is -0.213. The fourth-order valence-electron chi connectivity index (χ4n) is 2.60. The normalized spacial score (nSPS) is 22.6. The van der Waals surface area contributed by atoms with Gasteiger partial charge in [-0.05, 0) is 43.9 Å². The molecule has 0 bridgehead atoms. The number of piperidine rings is 1. The predicted octanol–water partition coefficient (Wildman–Crippen LogP) is 2.78. The fourth-order valence-corrected chi connectivity index (χ4v) is 2.60. The van der Waals surface area contributed by atoms with Crippen LogP contribution < -0.4 is 0 Å². The molecule has 0 aliphatic carbocycles. The van der Waals surface area contributed by atoms with E-state index >= 15 is 0 Å². The van der Waals surface area contributed by atoms with Crippen LogP contribution in [0.4, 0.5) is 4.39 Å². The summed E-state index contributed by atoms with van der Waals surface area (Å²) in [5, 5.41) is 8.80. The first-order chi connectivity index (χ1) is 9.41. The van der Waals surface area contributed by atoms with Crippen LogP contribution in [-0.2, 0) is 0 Å². The zero-order chi connectivity index (χ0) is 14.9. The van der Waals surface area contributed by atoms with Gasteiger partial charge in [0.15, 0.2) is 0 Å². The molecule has 4 nitrogen and oxygen atoms in total. The third-order valence-corrected chi connectivity index (χ3v) is 4.08. The first kappa shape index (κ1) is 14.5. The summed E-state index contributed by atoms with van der Waals surface area (Å²) in [6.45, 7) is 4.66. The lowest BCUT2D eigenvalue weighted by Crippen LogP contribution is -2.46. The summed E-state index contributed by atoms with van der Waals surface area (Å²) in [7, 11) is 0. The van der Waals surface area contributed by atoms with E-state index in [1.165, 1.54) is 12.1 Å². The van der Waals surface area contributed by atoms with Crippen molar-refractivity contribution < 1.29 is 19.1 Å². The standard InChI is InChI=1S/C15H18FNO3/c1-9-4-3-7-17(10(9)2)14(18)12-6-5-11(15(19)20)8-13(12)16/h5-6,8-10H,3-4,7H2,1-2H3,(H,19,20). The molecule has 1 fully saturated rings. The molecule has 1 aromatic rings. The predicted molar refractivity (Wildman–Crippen MR) is 72.3 cm³/mol. The van der Waals surface area contributed by atoms with Crippen LogP contribution in [0.2, 0.25) is 0 Å². The highest BCUT2D eigenvalue weighted by Crippen LogP contribution is 2.25. The number of carboxylic acid groups (broad SMARTS) is 1. The Kier molecular flexibility index (Phi) is 4.06. The van der Waals surface area contributed by atoms with E-state index in [0.29, 0.717) is 12.5 Å². The molecule has 2 atom stereocenters. The van der Waals surface area contributed by atoms with Gasteiger partial charge in [-0.2, -0.15) is 0 Å². The summed E-state index contributed by atoms with van der Waals surface area (Å²) >= 11 is 0. The second-order valence-corrected chi connectivity index (χ2v) is 5.36. The van der Waals surface area contributed by atoms with Crippen molar-refractivity contribution in [1.82, 2.24) is 4.90 Å². The van der Waals surface area contributed by atoms with Gasteiger partial charge in [0, 0.05) is 12.6 Å². The molecule has 108 valence electrons. The molecule has 0 saturated carbocycles. The van der Waals surface area contributed by atoms with Crippen molar-refractivity contribution in [2.75, 3.05) is 6.54 Å². The smallest absolute Gasteiger partial charge is 0.335 e. The zero-order valence-corrected chi connectivity index (χ0v) is 11.6. The molecule has 2 rings (SSSR count). The van der Waals surface area contributed by atoms with E-state index in [-0.39, 0.29) is 23.1 Å². The molecule has 1 saturated heterocycles. The minimum atomic E-state index is -1.21. The van der Waals surface area contributed by atoms with Crippen LogP contribution in [0.5, 0.6) is 0 Å². The monoisotopic (exact) mass is 279 g/mol. The van der Waals surface area contributed by atoms with Crippen molar-refractivity contribution in [2.24, 2.45) is 5.92 Å². The Bertz CT molecular complexity index is 544. The number of benzene rings is 1. The number of nitrogens with zero attached hydrogens (tertiary/aromatic N) is 1. The summed E-state index contributed by atoms with van der Waals surface area (Å²) < 4.78 is 13.9. The van der Waals surface area contributed by atoms with Crippen LogP contribution in [0, 0.1) is 11.7 Å². The molecule has 0 radical (unpaired) electrons. The van der Waals surface area contributed by atoms with Gasteiger partial charge >= 0.3 is 5.97 Å². The Hall–Kier alpha value is -1.91. The molecule has 0 aromatic heterocycles. The lowest BCUT2D eigenvalue weighted by molar-refractivity contribution is 0.0545. The zero-order valence-electron chi connectivity index (χ0n) is 11.6. The van der Waals surface area contributed by atoms with E-state index in [9.17, 15) is 14.0 Å². The molecular weight excluding hydrogens is 261 g/mol. The van der Waals surface area contributed by atoms with Crippen molar-refractivity contribution in [2.45, 2.75) is 32.7 Å². The minimum Gasteiger partial charge on any atom is -0.478 e. The number of amides is 1. The molecular formula is C15H18FNO3. The molecule has 1 amide bonds. The summed E-state index contributed by atoms with van der Waals surface area (Å²) in [4.78, 5) is 24.8. The second kappa shape index (κ2) is 5.61. The maximum absolute atomic E-state index is 13.9. The van der Waals surface area contributed by atoms with Gasteiger partial charge in [0.1, 0.15) is 5.82 Å². The highest BCUT2D eigenvalue weighted by atomic mass is 19.1. The van der Waals surface area contributed by atoms with E-state index < -0.39 is 11.8 Å². The largest absolute Gasteiger partial charge is 0.478 e. The summed E-state index contributed by atoms with van der Waals surface area (Å²) in [6, 6.07) is 3.48. The SMILES string of the molecule is CC1CCCN(C(=O)c2ccc(C(=O)O)cc2F)C1C. The lowest BCUT2D eigenvalue weighted by atomic mass is 9.91. The molecule has 2 unspecified atom stereocenters. The quantitative estimate of drug-likeness (QED) is 0.905. The van der Waals surface area contributed by atoms with Gasteiger partial charge in [-0.1, -0.05) is 6.92 Å². The molecule has 0 spiro atoms. The van der Waals surface area contributed by atoms with Gasteiger partial charge < -0.3 is 10.0 Å². The minimum absolute atomic E-state index is 0.0593. The molecule has 1 aliphatic heterocycles. The summed E-state index contributed by atoms with van der Waals surface area (Å²) in [5.74, 6) is -1.96. The average molecular weight is 279 g/mol. The Labute approximate surface area is 117 Å². The van der Waals surface area contributed by atoms with Gasteiger partial charge in [0.05, 0.1) is 11.1 Å². The first-order valence-corrected chi connectivity index (χ1v) is 6.75. The van der Waals surface area contributed by atoms with Crippen molar-refractivity contribution in [3.63, 3.8) is 0 Å². The van der Waals surface area contributed by atoms with Gasteiger partial charge in [0.25, 0.3) is 5.91 Å².